The number of rotatable bonds is 3. The molecule has 2 aromatic carbocycles. The lowest BCUT2D eigenvalue weighted by molar-refractivity contribution is 0.104. The van der Waals surface area contributed by atoms with Crippen molar-refractivity contribution in [3.05, 3.63) is 65.2 Å². The number of para-hydroxylation sites is 1. The average Bonchev–Trinajstić information content (AvgIpc) is 2.40. The van der Waals surface area contributed by atoms with Crippen LogP contribution < -0.4 is 0 Å². The summed E-state index contributed by atoms with van der Waals surface area (Å²) in [6.07, 6.45) is 2.88. The second-order valence-electron chi connectivity index (χ2n) is 4.28. The SMILES string of the molecule is Cc1ccc(O)c(/C=C/C(=O)c2ccccc2O)c1. The molecule has 3 heteroatoms. The summed E-state index contributed by atoms with van der Waals surface area (Å²) in [5, 5.41) is 19.2. The molecule has 0 heterocycles. The fraction of sp³-hybridized carbons (Fsp3) is 0.0625. The number of allylic oxidation sites excluding steroid dienone is 1. The number of carbonyl (C=O) groups is 1. The van der Waals surface area contributed by atoms with E-state index in [1.54, 1.807) is 36.4 Å². The molecule has 96 valence electrons. The smallest absolute Gasteiger partial charge is 0.189 e. The maximum Gasteiger partial charge on any atom is 0.189 e. The van der Waals surface area contributed by atoms with Gasteiger partial charge in [-0.25, -0.2) is 0 Å². The van der Waals surface area contributed by atoms with E-state index in [1.165, 1.54) is 18.2 Å². The number of benzene rings is 2. The molecule has 0 saturated carbocycles. The Morgan fingerprint density at radius 2 is 1.79 bits per heavy atom. The molecule has 2 N–H and O–H groups in total. The van der Waals surface area contributed by atoms with E-state index in [9.17, 15) is 15.0 Å². The van der Waals surface area contributed by atoms with Crippen molar-refractivity contribution in [2.45, 2.75) is 6.92 Å². The molecule has 2 aromatic rings. The normalized spacial score (nSPS) is 10.8. The molecule has 0 aliphatic heterocycles. The molecule has 0 saturated heterocycles. The first-order chi connectivity index (χ1) is 9.08. The fourth-order valence-electron chi connectivity index (χ4n) is 1.74. The number of ketones is 1. The maximum atomic E-state index is 11.9. The molecule has 0 amide bonds. The highest BCUT2D eigenvalue weighted by atomic mass is 16.3. The Balaban J connectivity index is 2.26. The van der Waals surface area contributed by atoms with E-state index in [1.807, 2.05) is 6.92 Å². The highest BCUT2D eigenvalue weighted by molar-refractivity contribution is 6.08. The van der Waals surface area contributed by atoms with E-state index in [0.717, 1.165) is 5.56 Å². The monoisotopic (exact) mass is 254 g/mol. The second kappa shape index (κ2) is 5.40. The lowest BCUT2D eigenvalue weighted by atomic mass is 10.1. The molecule has 0 radical (unpaired) electrons. The van der Waals surface area contributed by atoms with Crippen LogP contribution in [0.15, 0.2) is 48.5 Å². The Kier molecular flexibility index (Phi) is 3.66. The van der Waals surface area contributed by atoms with E-state index in [0.29, 0.717) is 5.56 Å². The third kappa shape index (κ3) is 3.01. The molecule has 0 bridgehead atoms. The standard InChI is InChI=1S/C16H14O3/c1-11-6-8-14(17)12(10-11)7-9-16(19)13-4-2-3-5-15(13)18/h2-10,17-18H,1H3/b9-7+. The number of carbonyl (C=O) groups excluding carboxylic acids is 1. The average molecular weight is 254 g/mol. The van der Waals surface area contributed by atoms with Gasteiger partial charge in [-0.15, -0.1) is 0 Å². The zero-order valence-corrected chi connectivity index (χ0v) is 10.5. The van der Waals surface area contributed by atoms with Gasteiger partial charge in [0, 0.05) is 5.56 Å². The Labute approximate surface area is 111 Å². The molecule has 0 aliphatic carbocycles. The van der Waals surface area contributed by atoms with Gasteiger partial charge in [0.15, 0.2) is 5.78 Å². The molecule has 3 nitrogen and oxygen atoms in total. The van der Waals surface area contributed by atoms with Crippen LogP contribution >= 0.6 is 0 Å². The van der Waals surface area contributed by atoms with Crippen molar-refractivity contribution >= 4 is 11.9 Å². The number of phenolic OH excluding ortho intramolecular Hbond substituents is 2. The van der Waals surface area contributed by atoms with Crippen molar-refractivity contribution in [3.63, 3.8) is 0 Å². The first-order valence-corrected chi connectivity index (χ1v) is 5.88. The van der Waals surface area contributed by atoms with Gasteiger partial charge in [-0.3, -0.25) is 4.79 Å². The molecule has 0 aliphatic rings. The zero-order chi connectivity index (χ0) is 13.8. The summed E-state index contributed by atoms with van der Waals surface area (Å²) < 4.78 is 0. The van der Waals surface area contributed by atoms with E-state index < -0.39 is 0 Å². The van der Waals surface area contributed by atoms with Gasteiger partial charge in [-0.1, -0.05) is 23.8 Å². The van der Waals surface area contributed by atoms with Crippen molar-refractivity contribution in [1.82, 2.24) is 0 Å². The van der Waals surface area contributed by atoms with Crippen LogP contribution in [0.1, 0.15) is 21.5 Å². The summed E-state index contributed by atoms with van der Waals surface area (Å²) in [4.78, 5) is 11.9. The Hall–Kier alpha value is -2.55. The van der Waals surface area contributed by atoms with Crippen LogP contribution in [0.3, 0.4) is 0 Å². The summed E-state index contributed by atoms with van der Waals surface area (Å²) in [6, 6.07) is 11.5. The maximum absolute atomic E-state index is 11.9. The summed E-state index contributed by atoms with van der Waals surface area (Å²) in [6.45, 7) is 1.90. The van der Waals surface area contributed by atoms with Gasteiger partial charge < -0.3 is 10.2 Å². The molecule has 0 spiro atoms. The molecule has 0 aromatic heterocycles. The fourth-order valence-corrected chi connectivity index (χ4v) is 1.74. The minimum absolute atomic E-state index is 0.0504. The third-order valence-corrected chi connectivity index (χ3v) is 2.77. The van der Waals surface area contributed by atoms with E-state index in [-0.39, 0.29) is 22.8 Å². The van der Waals surface area contributed by atoms with Crippen LogP contribution in [0.5, 0.6) is 11.5 Å². The third-order valence-electron chi connectivity index (χ3n) is 2.77. The topological polar surface area (TPSA) is 57.5 Å². The summed E-state index contributed by atoms with van der Waals surface area (Å²) in [7, 11) is 0. The molecule has 19 heavy (non-hydrogen) atoms. The highest BCUT2D eigenvalue weighted by Gasteiger charge is 2.07. The Morgan fingerprint density at radius 1 is 1.05 bits per heavy atom. The lowest BCUT2D eigenvalue weighted by Gasteiger charge is -2.01. The number of aromatic hydroxyl groups is 2. The lowest BCUT2D eigenvalue weighted by Crippen LogP contribution is -1.94. The minimum atomic E-state index is -0.306. The number of phenols is 2. The quantitative estimate of drug-likeness (QED) is 0.652. The number of hydrogen-bond acceptors (Lipinski definition) is 3. The molecule has 0 atom stereocenters. The van der Waals surface area contributed by atoms with Crippen molar-refractivity contribution in [2.24, 2.45) is 0 Å². The molecule has 2 rings (SSSR count). The zero-order valence-electron chi connectivity index (χ0n) is 10.5. The van der Waals surface area contributed by atoms with E-state index in [4.69, 9.17) is 0 Å². The molecular formula is C16H14O3. The van der Waals surface area contributed by atoms with Crippen LogP contribution in [0, 0.1) is 6.92 Å². The summed E-state index contributed by atoms with van der Waals surface area (Å²) in [5.41, 5.74) is 1.81. The summed E-state index contributed by atoms with van der Waals surface area (Å²) in [5.74, 6) is -0.239. The van der Waals surface area contributed by atoms with Gasteiger partial charge in [-0.05, 0) is 43.3 Å². The van der Waals surface area contributed by atoms with Gasteiger partial charge >= 0.3 is 0 Å². The predicted octanol–water partition coefficient (Wildman–Crippen LogP) is 3.30. The van der Waals surface area contributed by atoms with Crippen molar-refractivity contribution in [2.75, 3.05) is 0 Å². The Morgan fingerprint density at radius 3 is 2.53 bits per heavy atom. The van der Waals surface area contributed by atoms with Crippen molar-refractivity contribution < 1.29 is 15.0 Å². The molecule has 0 fully saturated rings. The van der Waals surface area contributed by atoms with Gasteiger partial charge in [-0.2, -0.15) is 0 Å². The van der Waals surface area contributed by atoms with Gasteiger partial charge in [0.1, 0.15) is 11.5 Å². The van der Waals surface area contributed by atoms with Crippen LogP contribution in [-0.2, 0) is 0 Å². The van der Waals surface area contributed by atoms with Crippen LogP contribution in [0.4, 0.5) is 0 Å². The van der Waals surface area contributed by atoms with Crippen molar-refractivity contribution in [1.29, 1.82) is 0 Å². The van der Waals surface area contributed by atoms with Gasteiger partial charge in [0.2, 0.25) is 0 Å². The number of hydrogen-bond donors (Lipinski definition) is 2. The van der Waals surface area contributed by atoms with Crippen LogP contribution in [-0.4, -0.2) is 16.0 Å². The van der Waals surface area contributed by atoms with Crippen LogP contribution in [0.2, 0.25) is 0 Å². The first-order valence-electron chi connectivity index (χ1n) is 5.88. The molecule has 0 unspecified atom stereocenters. The highest BCUT2D eigenvalue weighted by Crippen LogP contribution is 2.21. The predicted molar refractivity (Wildman–Crippen MR) is 74.3 cm³/mol. The van der Waals surface area contributed by atoms with Crippen LogP contribution in [0.25, 0.3) is 6.08 Å². The van der Waals surface area contributed by atoms with Gasteiger partial charge in [0.05, 0.1) is 5.56 Å². The minimum Gasteiger partial charge on any atom is -0.507 e. The second-order valence-corrected chi connectivity index (χ2v) is 4.28. The largest absolute Gasteiger partial charge is 0.507 e. The molecular weight excluding hydrogens is 240 g/mol. The van der Waals surface area contributed by atoms with E-state index in [2.05, 4.69) is 0 Å². The number of aryl methyl sites for hydroxylation is 1. The Bertz CT molecular complexity index is 642. The van der Waals surface area contributed by atoms with Gasteiger partial charge in [0.25, 0.3) is 0 Å². The summed E-state index contributed by atoms with van der Waals surface area (Å²) >= 11 is 0. The van der Waals surface area contributed by atoms with E-state index >= 15 is 0 Å². The van der Waals surface area contributed by atoms with Crippen molar-refractivity contribution in [3.8, 4) is 11.5 Å². The first kappa shape index (κ1) is 12.9.